The van der Waals surface area contributed by atoms with Crippen LogP contribution in [0.3, 0.4) is 0 Å². The molecule has 0 aliphatic carbocycles. The molecule has 2 heteroatoms. The highest BCUT2D eigenvalue weighted by Crippen LogP contribution is 2.25. The Kier molecular flexibility index (Phi) is 2.46. The minimum absolute atomic E-state index is 0.144. The SMILES string of the molecule is Cc1cccc(N2CC[C@H](O)C2)c1C. The number of β-amino-alcohol motifs (C(OH)–C–C–N with tert-alkyl or cyclic N) is 1. The lowest BCUT2D eigenvalue weighted by Crippen LogP contribution is -2.22. The summed E-state index contributed by atoms with van der Waals surface area (Å²) in [4.78, 5) is 2.27. The first kappa shape index (κ1) is 9.53. The monoisotopic (exact) mass is 191 g/mol. The quantitative estimate of drug-likeness (QED) is 0.732. The van der Waals surface area contributed by atoms with Crippen LogP contribution in [0.15, 0.2) is 18.2 Å². The second kappa shape index (κ2) is 3.62. The second-order valence-corrected chi connectivity index (χ2v) is 4.11. The average Bonchev–Trinajstić information content (AvgIpc) is 2.57. The zero-order valence-electron chi connectivity index (χ0n) is 8.83. The van der Waals surface area contributed by atoms with Gasteiger partial charge in [0.1, 0.15) is 0 Å². The van der Waals surface area contributed by atoms with E-state index in [2.05, 4.69) is 36.9 Å². The molecule has 0 bridgehead atoms. The van der Waals surface area contributed by atoms with E-state index in [0.717, 1.165) is 19.5 Å². The van der Waals surface area contributed by atoms with E-state index in [1.54, 1.807) is 0 Å². The molecule has 0 saturated carbocycles. The first-order valence-corrected chi connectivity index (χ1v) is 5.17. The zero-order chi connectivity index (χ0) is 10.1. The van der Waals surface area contributed by atoms with Gasteiger partial charge in [-0.25, -0.2) is 0 Å². The van der Waals surface area contributed by atoms with E-state index in [9.17, 15) is 5.11 Å². The number of rotatable bonds is 1. The molecule has 2 rings (SSSR count). The highest BCUT2D eigenvalue weighted by Gasteiger charge is 2.21. The van der Waals surface area contributed by atoms with Crippen LogP contribution >= 0.6 is 0 Å². The molecule has 0 amide bonds. The third-order valence-electron chi connectivity index (χ3n) is 3.08. The van der Waals surface area contributed by atoms with Crippen LogP contribution in [0.4, 0.5) is 5.69 Å². The smallest absolute Gasteiger partial charge is 0.0731 e. The molecular weight excluding hydrogens is 174 g/mol. The molecule has 2 nitrogen and oxygen atoms in total. The predicted molar refractivity (Wildman–Crippen MR) is 58.8 cm³/mol. The van der Waals surface area contributed by atoms with Gasteiger partial charge in [-0.05, 0) is 37.5 Å². The summed E-state index contributed by atoms with van der Waals surface area (Å²) in [6.07, 6.45) is 0.753. The van der Waals surface area contributed by atoms with Crippen LogP contribution in [-0.2, 0) is 0 Å². The molecule has 1 saturated heterocycles. The standard InChI is InChI=1S/C12H17NO/c1-9-4-3-5-12(10(9)2)13-7-6-11(14)8-13/h3-5,11,14H,6-8H2,1-2H3/t11-/m0/s1. The average molecular weight is 191 g/mol. The molecule has 0 spiro atoms. The number of nitrogens with zero attached hydrogens (tertiary/aromatic N) is 1. The molecule has 1 aliphatic heterocycles. The highest BCUT2D eigenvalue weighted by atomic mass is 16.3. The van der Waals surface area contributed by atoms with Crippen LogP contribution in [-0.4, -0.2) is 24.3 Å². The fourth-order valence-corrected chi connectivity index (χ4v) is 2.04. The van der Waals surface area contributed by atoms with Gasteiger partial charge in [-0.1, -0.05) is 12.1 Å². The van der Waals surface area contributed by atoms with Gasteiger partial charge in [-0.3, -0.25) is 0 Å². The number of benzene rings is 1. The lowest BCUT2D eigenvalue weighted by Gasteiger charge is -2.21. The maximum Gasteiger partial charge on any atom is 0.0731 e. The number of hydrogen-bond donors (Lipinski definition) is 1. The van der Waals surface area contributed by atoms with Crippen LogP contribution in [0, 0.1) is 13.8 Å². The van der Waals surface area contributed by atoms with Crippen molar-refractivity contribution in [2.24, 2.45) is 0 Å². The fraction of sp³-hybridized carbons (Fsp3) is 0.500. The number of aliphatic hydroxyl groups excluding tert-OH is 1. The first-order valence-electron chi connectivity index (χ1n) is 5.17. The Labute approximate surface area is 85.2 Å². The number of aliphatic hydroxyl groups is 1. The molecule has 0 unspecified atom stereocenters. The molecule has 1 aromatic carbocycles. The molecule has 0 radical (unpaired) electrons. The van der Waals surface area contributed by atoms with Crippen LogP contribution in [0.25, 0.3) is 0 Å². The van der Waals surface area contributed by atoms with Crippen molar-refractivity contribution >= 4 is 5.69 Å². The van der Waals surface area contributed by atoms with Crippen molar-refractivity contribution in [1.29, 1.82) is 0 Å². The first-order chi connectivity index (χ1) is 6.68. The Balaban J connectivity index is 2.28. The number of hydrogen-bond acceptors (Lipinski definition) is 2. The van der Waals surface area contributed by atoms with Crippen LogP contribution in [0.5, 0.6) is 0 Å². The van der Waals surface area contributed by atoms with E-state index in [1.807, 2.05) is 0 Å². The molecule has 76 valence electrons. The van der Waals surface area contributed by atoms with Gasteiger partial charge in [0, 0.05) is 18.8 Å². The summed E-state index contributed by atoms with van der Waals surface area (Å²) in [5, 5.41) is 9.48. The van der Waals surface area contributed by atoms with Crippen molar-refractivity contribution in [3.63, 3.8) is 0 Å². The maximum absolute atomic E-state index is 9.48. The van der Waals surface area contributed by atoms with Crippen molar-refractivity contribution < 1.29 is 5.11 Å². The van der Waals surface area contributed by atoms with Crippen molar-refractivity contribution in [1.82, 2.24) is 0 Å². The summed E-state index contributed by atoms with van der Waals surface area (Å²) in [5.41, 5.74) is 3.94. The van der Waals surface area contributed by atoms with E-state index >= 15 is 0 Å². The van der Waals surface area contributed by atoms with Crippen molar-refractivity contribution in [3.8, 4) is 0 Å². The van der Waals surface area contributed by atoms with Gasteiger partial charge in [0.15, 0.2) is 0 Å². The molecule has 1 heterocycles. The normalized spacial score (nSPS) is 21.6. The maximum atomic E-state index is 9.48. The summed E-state index contributed by atoms with van der Waals surface area (Å²) in [7, 11) is 0. The molecule has 1 aromatic rings. The van der Waals surface area contributed by atoms with Gasteiger partial charge in [0.05, 0.1) is 6.10 Å². The lowest BCUT2D eigenvalue weighted by atomic mass is 10.1. The van der Waals surface area contributed by atoms with Gasteiger partial charge >= 0.3 is 0 Å². The predicted octanol–water partition coefficient (Wildman–Crippen LogP) is 1.87. The third kappa shape index (κ3) is 1.62. The molecule has 1 atom stereocenters. The summed E-state index contributed by atoms with van der Waals surface area (Å²) < 4.78 is 0. The lowest BCUT2D eigenvalue weighted by molar-refractivity contribution is 0.198. The highest BCUT2D eigenvalue weighted by molar-refractivity contribution is 5.56. The van der Waals surface area contributed by atoms with E-state index in [4.69, 9.17) is 0 Å². The summed E-state index contributed by atoms with van der Waals surface area (Å²) >= 11 is 0. The summed E-state index contributed by atoms with van der Waals surface area (Å²) in [6, 6.07) is 6.36. The fourth-order valence-electron chi connectivity index (χ4n) is 2.04. The Hall–Kier alpha value is -1.02. The van der Waals surface area contributed by atoms with Gasteiger partial charge in [-0.2, -0.15) is 0 Å². The van der Waals surface area contributed by atoms with E-state index in [1.165, 1.54) is 16.8 Å². The Bertz CT molecular complexity index is 335. The minimum Gasteiger partial charge on any atom is -0.391 e. The third-order valence-corrected chi connectivity index (χ3v) is 3.08. The van der Waals surface area contributed by atoms with Gasteiger partial charge in [-0.15, -0.1) is 0 Å². The van der Waals surface area contributed by atoms with Crippen molar-refractivity contribution in [2.75, 3.05) is 18.0 Å². The van der Waals surface area contributed by atoms with Gasteiger partial charge in [0.2, 0.25) is 0 Å². The topological polar surface area (TPSA) is 23.5 Å². The largest absolute Gasteiger partial charge is 0.391 e. The molecule has 14 heavy (non-hydrogen) atoms. The van der Waals surface area contributed by atoms with E-state index < -0.39 is 0 Å². The van der Waals surface area contributed by atoms with Crippen molar-refractivity contribution in [2.45, 2.75) is 26.4 Å². The summed E-state index contributed by atoms with van der Waals surface area (Å²) in [6.45, 7) is 6.04. The van der Waals surface area contributed by atoms with Crippen LogP contribution in [0.2, 0.25) is 0 Å². The summed E-state index contributed by atoms with van der Waals surface area (Å²) in [5.74, 6) is 0. The number of anilines is 1. The molecule has 0 aromatic heterocycles. The number of aryl methyl sites for hydroxylation is 1. The zero-order valence-corrected chi connectivity index (χ0v) is 8.83. The van der Waals surface area contributed by atoms with Crippen LogP contribution < -0.4 is 4.90 Å². The Morgan fingerprint density at radius 3 is 2.79 bits per heavy atom. The van der Waals surface area contributed by atoms with Gasteiger partial charge < -0.3 is 10.0 Å². The minimum atomic E-state index is -0.144. The van der Waals surface area contributed by atoms with Gasteiger partial charge in [0.25, 0.3) is 0 Å². The molecule has 1 aliphatic rings. The molecular formula is C12H17NO. The van der Waals surface area contributed by atoms with Crippen LogP contribution in [0.1, 0.15) is 17.5 Å². The molecule has 1 fully saturated rings. The Morgan fingerprint density at radius 1 is 1.36 bits per heavy atom. The van der Waals surface area contributed by atoms with Crippen molar-refractivity contribution in [3.05, 3.63) is 29.3 Å². The molecule has 1 N–H and O–H groups in total. The van der Waals surface area contributed by atoms with E-state index in [0.29, 0.717) is 0 Å². The van der Waals surface area contributed by atoms with E-state index in [-0.39, 0.29) is 6.10 Å². The second-order valence-electron chi connectivity index (χ2n) is 4.11. The Morgan fingerprint density at radius 2 is 2.14 bits per heavy atom.